The van der Waals surface area contributed by atoms with Crippen LogP contribution >= 0.6 is 0 Å². The minimum absolute atomic E-state index is 0.425. The lowest BCUT2D eigenvalue weighted by molar-refractivity contribution is 0.315. The maximum Gasteiger partial charge on any atom is 0.0823 e. The summed E-state index contributed by atoms with van der Waals surface area (Å²) in [6.07, 6.45) is 0.849. The predicted octanol–water partition coefficient (Wildman–Crippen LogP) is 0.252. The van der Waals surface area contributed by atoms with Crippen molar-refractivity contribution in [3.05, 3.63) is 4.91 Å². The van der Waals surface area contributed by atoms with Crippen molar-refractivity contribution < 1.29 is 0 Å². The van der Waals surface area contributed by atoms with Gasteiger partial charge in [0.05, 0.1) is 6.54 Å². The molecule has 0 aliphatic heterocycles. The van der Waals surface area contributed by atoms with Crippen molar-refractivity contribution in [1.82, 2.24) is 10.2 Å². The Hall–Kier alpha value is -0.480. The molecule has 0 amide bonds. The lowest BCUT2D eigenvalue weighted by Crippen LogP contribution is -2.29. The second-order valence-corrected chi connectivity index (χ2v) is 2.30. The van der Waals surface area contributed by atoms with Gasteiger partial charge in [-0.2, -0.15) is 4.91 Å². The van der Waals surface area contributed by atoms with E-state index in [0.29, 0.717) is 6.54 Å². The van der Waals surface area contributed by atoms with Crippen LogP contribution in [0.2, 0.25) is 0 Å². The van der Waals surface area contributed by atoms with Gasteiger partial charge < -0.3 is 5.32 Å². The van der Waals surface area contributed by atoms with Crippen LogP contribution in [0.15, 0.2) is 5.18 Å². The Kier molecular flexibility index (Phi) is 6.32. The molecule has 0 aromatic heterocycles. The highest BCUT2D eigenvalue weighted by Gasteiger charge is 1.93. The van der Waals surface area contributed by atoms with Crippen LogP contribution in [0.25, 0.3) is 0 Å². The molecule has 60 valence electrons. The van der Waals surface area contributed by atoms with Crippen molar-refractivity contribution in [2.24, 2.45) is 5.18 Å². The summed E-state index contributed by atoms with van der Waals surface area (Å²) in [7, 11) is 3.90. The van der Waals surface area contributed by atoms with E-state index >= 15 is 0 Å². The van der Waals surface area contributed by atoms with Crippen LogP contribution in [0, 0.1) is 4.91 Å². The Bertz CT molecular complexity index is 87.1. The molecular formula is C6H15N3O. The predicted molar refractivity (Wildman–Crippen MR) is 41.8 cm³/mol. The number of nitrogens with zero attached hydrogens (tertiary/aromatic N) is 2. The molecule has 0 radical (unpaired) electrons. The van der Waals surface area contributed by atoms with Gasteiger partial charge in [0.1, 0.15) is 0 Å². The third kappa shape index (κ3) is 5.65. The Morgan fingerprint density at radius 3 is 2.80 bits per heavy atom. The van der Waals surface area contributed by atoms with Gasteiger partial charge in [-0.25, -0.2) is 0 Å². The van der Waals surface area contributed by atoms with E-state index in [9.17, 15) is 4.91 Å². The molecule has 0 bridgehead atoms. The van der Waals surface area contributed by atoms with Gasteiger partial charge >= 0.3 is 0 Å². The number of rotatable bonds is 6. The summed E-state index contributed by atoms with van der Waals surface area (Å²) in [5, 5.41) is 5.78. The van der Waals surface area contributed by atoms with Crippen LogP contribution in [0.4, 0.5) is 0 Å². The number of hydrogen-bond acceptors (Lipinski definition) is 4. The van der Waals surface area contributed by atoms with Gasteiger partial charge in [-0.05, 0) is 20.5 Å². The normalized spacial score (nSPS) is 10.3. The highest BCUT2D eigenvalue weighted by Crippen LogP contribution is 1.84. The minimum atomic E-state index is 0.425. The molecular weight excluding hydrogens is 130 g/mol. The molecule has 0 aromatic carbocycles. The third-order valence-corrected chi connectivity index (χ3v) is 1.22. The van der Waals surface area contributed by atoms with Crippen molar-refractivity contribution >= 4 is 0 Å². The number of hydrogen-bond donors (Lipinski definition) is 1. The maximum absolute atomic E-state index is 9.66. The van der Waals surface area contributed by atoms with Gasteiger partial charge in [-0.3, -0.25) is 4.90 Å². The first-order valence-electron chi connectivity index (χ1n) is 3.43. The zero-order valence-corrected chi connectivity index (χ0v) is 6.63. The van der Waals surface area contributed by atoms with Gasteiger partial charge in [0, 0.05) is 13.2 Å². The van der Waals surface area contributed by atoms with Crippen LogP contribution < -0.4 is 5.32 Å². The molecule has 0 spiro atoms. The molecule has 0 saturated heterocycles. The first-order valence-corrected chi connectivity index (χ1v) is 3.43. The molecule has 0 unspecified atom stereocenters. The standard InChI is InChI=1S/C6H15N3O/c1-7-6-9(2)5-3-4-8-10/h7H,3-6H2,1-2H3. The van der Waals surface area contributed by atoms with E-state index in [1.54, 1.807) is 0 Å². The Balaban J connectivity index is 3.04. The van der Waals surface area contributed by atoms with Crippen molar-refractivity contribution in [2.75, 3.05) is 33.9 Å². The minimum Gasteiger partial charge on any atom is -0.307 e. The van der Waals surface area contributed by atoms with Gasteiger partial charge in [0.2, 0.25) is 0 Å². The monoisotopic (exact) mass is 145 g/mol. The van der Waals surface area contributed by atoms with E-state index in [1.165, 1.54) is 0 Å². The number of nitroso groups, excluding NO2 is 1. The molecule has 0 saturated carbocycles. The van der Waals surface area contributed by atoms with Crippen LogP contribution in [0.1, 0.15) is 6.42 Å². The zero-order chi connectivity index (χ0) is 7.82. The lowest BCUT2D eigenvalue weighted by Gasteiger charge is -2.13. The van der Waals surface area contributed by atoms with Crippen LogP contribution in [0.5, 0.6) is 0 Å². The molecule has 0 aliphatic rings. The smallest absolute Gasteiger partial charge is 0.0823 e. The van der Waals surface area contributed by atoms with Crippen molar-refractivity contribution in [3.63, 3.8) is 0 Å². The highest BCUT2D eigenvalue weighted by atomic mass is 16.3. The zero-order valence-electron chi connectivity index (χ0n) is 6.63. The molecule has 0 aromatic rings. The van der Waals surface area contributed by atoms with E-state index < -0.39 is 0 Å². The first-order chi connectivity index (χ1) is 4.81. The average molecular weight is 145 g/mol. The molecule has 10 heavy (non-hydrogen) atoms. The fourth-order valence-electron chi connectivity index (χ4n) is 0.754. The fourth-order valence-corrected chi connectivity index (χ4v) is 0.754. The van der Waals surface area contributed by atoms with Crippen molar-refractivity contribution in [3.8, 4) is 0 Å². The molecule has 4 heteroatoms. The van der Waals surface area contributed by atoms with Gasteiger partial charge in [0.25, 0.3) is 0 Å². The van der Waals surface area contributed by atoms with Crippen LogP contribution in [0.3, 0.4) is 0 Å². The second kappa shape index (κ2) is 6.64. The van der Waals surface area contributed by atoms with E-state index in [2.05, 4.69) is 15.4 Å². The van der Waals surface area contributed by atoms with Crippen LogP contribution in [-0.2, 0) is 0 Å². The summed E-state index contributed by atoms with van der Waals surface area (Å²) in [5.74, 6) is 0. The Labute approximate surface area is 61.6 Å². The highest BCUT2D eigenvalue weighted by molar-refractivity contribution is 4.50. The average Bonchev–Trinajstić information content (AvgIpc) is 1.89. The lowest BCUT2D eigenvalue weighted by atomic mass is 10.4. The Morgan fingerprint density at radius 1 is 1.60 bits per heavy atom. The topological polar surface area (TPSA) is 44.7 Å². The molecule has 0 aliphatic carbocycles. The largest absolute Gasteiger partial charge is 0.307 e. The summed E-state index contributed by atoms with van der Waals surface area (Å²) >= 11 is 0. The maximum atomic E-state index is 9.66. The molecule has 0 atom stereocenters. The first kappa shape index (κ1) is 9.52. The van der Waals surface area contributed by atoms with Crippen LogP contribution in [-0.4, -0.2) is 38.8 Å². The van der Waals surface area contributed by atoms with Gasteiger partial charge in [-0.1, -0.05) is 5.18 Å². The quantitative estimate of drug-likeness (QED) is 0.331. The molecule has 0 fully saturated rings. The van der Waals surface area contributed by atoms with E-state index in [4.69, 9.17) is 0 Å². The fraction of sp³-hybridized carbons (Fsp3) is 1.00. The summed E-state index contributed by atoms with van der Waals surface area (Å²) in [6.45, 7) is 2.21. The van der Waals surface area contributed by atoms with Gasteiger partial charge in [0.15, 0.2) is 0 Å². The molecule has 0 heterocycles. The third-order valence-electron chi connectivity index (χ3n) is 1.22. The summed E-state index contributed by atoms with van der Waals surface area (Å²) < 4.78 is 0. The van der Waals surface area contributed by atoms with Crippen molar-refractivity contribution in [1.29, 1.82) is 0 Å². The summed E-state index contributed by atoms with van der Waals surface area (Å²) in [5.41, 5.74) is 0. The second-order valence-electron chi connectivity index (χ2n) is 2.30. The summed E-state index contributed by atoms with van der Waals surface area (Å²) in [6, 6.07) is 0. The number of nitrogens with one attached hydrogen (secondary N) is 1. The summed E-state index contributed by atoms with van der Waals surface area (Å²) in [4.78, 5) is 11.8. The van der Waals surface area contributed by atoms with E-state index in [0.717, 1.165) is 19.6 Å². The molecule has 0 rings (SSSR count). The Morgan fingerprint density at radius 2 is 2.30 bits per heavy atom. The van der Waals surface area contributed by atoms with E-state index in [-0.39, 0.29) is 0 Å². The van der Waals surface area contributed by atoms with E-state index in [1.807, 2.05) is 14.1 Å². The van der Waals surface area contributed by atoms with Gasteiger partial charge in [-0.15, -0.1) is 0 Å². The van der Waals surface area contributed by atoms with Crippen molar-refractivity contribution in [2.45, 2.75) is 6.42 Å². The molecule has 4 nitrogen and oxygen atoms in total. The SMILES string of the molecule is CNCN(C)CCCN=O. The molecule has 1 N–H and O–H groups in total.